The van der Waals surface area contributed by atoms with E-state index in [4.69, 9.17) is 11.6 Å². The van der Waals surface area contributed by atoms with Gasteiger partial charge in [-0.3, -0.25) is 9.78 Å². The van der Waals surface area contributed by atoms with E-state index in [1.807, 2.05) is 12.1 Å². The Balaban J connectivity index is 2.19. The Labute approximate surface area is 87.0 Å². The predicted octanol–water partition coefficient (Wildman–Crippen LogP) is 1.71. The highest BCUT2D eigenvalue weighted by Gasteiger charge is 2.59. The number of carbonyl (C=O) groups excluding carboxylic acids is 1. The predicted molar refractivity (Wildman–Crippen MR) is 51.9 cm³/mol. The average Bonchev–Trinajstić information content (AvgIpc) is 2.93. The maximum absolute atomic E-state index is 11.2. The van der Waals surface area contributed by atoms with E-state index in [0.29, 0.717) is 6.42 Å². The number of alkyl halides is 1. The van der Waals surface area contributed by atoms with Crippen LogP contribution in [0.2, 0.25) is 0 Å². The van der Waals surface area contributed by atoms with E-state index in [2.05, 4.69) is 9.72 Å². The van der Waals surface area contributed by atoms with Gasteiger partial charge in [0, 0.05) is 12.4 Å². The van der Waals surface area contributed by atoms with Gasteiger partial charge in [-0.2, -0.15) is 0 Å². The number of aromatic nitrogens is 1. The quantitative estimate of drug-likeness (QED) is 0.552. The molecular formula is C10H10ClNO2. The summed E-state index contributed by atoms with van der Waals surface area (Å²) in [6, 6.07) is 3.69. The second kappa shape index (κ2) is 3.24. The fourth-order valence-corrected chi connectivity index (χ4v) is 1.93. The summed E-state index contributed by atoms with van der Waals surface area (Å²) < 4.78 is 4.65. The van der Waals surface area contributed by atoms with Crippen LogP contribution >= 0.6 is 11.6 Å². The molecular weight excluding hydrogens is 202 g/mol. The van der Waals surface area contributed by atoms with Crippen LogP contribution in [0.5, 0.6) is 0 Å². The second-order valence-corrected chi connectivity index (χ2v) is 4.06. The van der Waals surface area contributed by atoms with Crippen molar-refractivity contribution >= 4 is 17.6 Å². The molecule has 0 N–H and O–H groups in total. The van der Waals surface area contributed by atoms with Gasteiger partial charge < -0.3 is 4.74 Å². The lowest BCUT2D eigenvalue weighted by molar-refractivity contribution is -0.142. The third-order valence-electron chi connectivity index (χ3n) is 2.52. The number of halogens is 1. The molecule has 4 heteroatoms. The Morgan fingerprint density at radius 2 is 2.57 bits per heavy atom. The first-order valence-electron chi connectivity index (χ1n) is 4.36. The Morgan fingerprint density at radius 3 is 3.14 bits per heavy atom. The number of hydrogen-bond donors (Lipinski definition) is 0. The summed E-state index contributed by atoms with van der Waals surface area (Å²) in [6.07, 6.45) is 4.00. The lowest BCUT2D eigenvalue weighted by Gasteiger charge is -2.07. The normalized spacial score (nSPS) is 29.7. The maximum atomic E-state index is 11.2. The number of rotatable bonds is 2. The molecule has 2 unspecified atom stereocenters. The molecule has 0 bridgehead atoms. The standard InChI is InChI=1S/C10H10ClNO2/c1-14-9(13)8-5-10(8,11)7-3-2-4-12-6-7/h2-4,6,8H,5H2,1H3. The Kier molecular flexibility index (Phi) is 2.19. The van der Waals surface area contributed by atoms with Gasteiger partial charge in [-0.25, -0.2) is 0 Å². The average molecular weight is 212 g/mol. The first-order chi connectivity index (χ1) is 6.68. The van der Waals surface area contributed by atoms with Crippen LogP contribution in [0.3, 0.4) is 0 Å². The maximum Gasteiger partial charge on any atom is 0.310 e. The Bertz CT molecular complexity index is 354. The highest BCUT2D eigenvalue weighted by molar-refractivity contribution is 6.28. The van der Waals surface area contributed by atoms with Crippen molar-refractivity contribution in [1.29, 1.82) is 0 Å². The molecule has 0 saturated heterocycles. The van der Waals surface area contributed by atoms with E-state index in [9.17, 15) is 4.79 Å². The van der Waals surface area contributed by atoms with Crippen molar-refractivity contribution in [2.24, 2.45) is 5.92 Å². The molecule has 2 rings (SSSR count). The molecule has 0 aromatic carbocycles. The SMILES string of the molecule is COC(=O)C1CC1(Cl)c1cccnc1. The lowest BCUT2D eigenvalue weighted by atomic mass is 10.1. The zero-order valence-corrected chi connectivity index (χ0v) is 8.49. The molecule has 1 saturated carbocycles. The molecule has 2 atom stereocenters. The summed E-state index contributed by atoms with van der Waals surface area (Å²) in [5, 5.41) is 0. The topological polar surface area (TPSA) is 39.2 Å². The summed E-state index contributed by atoms with van der Waals surface area (Å²) in [7, 11) is 1.38. The Morgan fingerprint density at radius 1 is 1.79 bits per heavy atom. The molecule has 1 aromatic rings. The summed E-state index contributed by atoms with van der Waals surface area (Å²) in [5.41, 5.74) is 0.886. The summed E-state index contributed by atoms with van der Waals surface area (Å²) in [6.45, 7) is 0. The number of hydrogen-bond acceptors (Lipinski definition) is 3. The fraction of sp³-hybridized carbons (Fsp3) is 0.400. The van der Waals surface area contributed by atoms with E-state index in [1.165, 1.54) is 7.11 Å². The van der Waals surface area contributed by atoms with Gasteiger partial charge in [0.05, 0.1) is 17.9 Å². The fourth-order valence-electron chi connectivity index (χ4n) is 1.58. The van der Waals surface area contributed by atoms with E-state index < -0.39 is 4.87 Å². The molecule has 1 aliphatic carbocycles. The van der Waals surface area contributed by atoms with Crippen LogP contribution in [0.15, 0.2) is 24.5 Å². The van der Waals surface area contributed by atoms with Crippen molar-refractivity contribution in [1.82, 2.24) is 4.98 Å². The van der Waals surface area contributed by atoms with Crippen LogP contribution in [0, 0.1) is 5.92 Å². The highest BCUT2D eigenvalue weighted by Crippen LogP contribution is 2.57. The molecule has 1 fully saturated rings. The van der Waals surface area contributed by atoms with Crippen LogP contribution in [-0.4, -0.2) is 18.1 Å². The number of esters is 1. The summed E-state index contributed by atoms with van der Waals surface area (Å²) in [5.74, 6) is -0.470. The smallest absolute Gasteiger partial charge is 0.310 e. The van der Waals surface area contributed by atoms with Gasteiger partial charge in [0.15, 0.2) is 0 Å². The summed E-state index contributed by atoms with van der Waals surface area (Å²) >= 11 is 6.27. The van der Waals surface area contributed by atoms with Gasteiger partial charge in [0.25, 0.3) is 0 Å². The monoisotopic (exact) mass is 211 g/mol. The van der Waals surface area contributed by atoms with Gasteiger partial charge in [-0.05, 0) is 18.1 Å². The number of pyridine rings is 1. The largest absolute Gasteiger partial charge is 0.469 e. The van der Waals surface area contributed by atoms with E-state index in [-0.39, 0.29) is 11.9 Å². The van der Waals surface area contributed by atoms with Crippen molar-refractivity contribution in [3.63, 3.8) is 0 Å². The minimum atomic E-state index is -0.582. The molecule has 14 heavy (non-hydrogen) atoms. The lowest BCUT2D eigenvalue weighted by Crippen LogP contribution is -2.11. The summed E-state index contributed by atoms with van der Waals surface area (Å²) in [4.78, 5) is 14.6. The Hall–Kier alpha value is -1.09. The molecule has 1 aliphatic rings. The molecule has 1 heterocycles. The zero-order chi connectivity index (χ0) is 10.2. The van der Waals surface area contributed by atoms with Crippen molar-refractivity contribution < 1.29 is 9.53 Å². The zero-order valence-electron chi connectivity index (χ0n) is 7.74. The minimum Gasteiger partial charge on any atom is -0.469 e. The third-order valence-corrected chi connectivity index (χ3v) is 3.16. The van der Waals surface area contributed by atoms with Crippen molar-refractivity contribution in [2.45, 2.75) is 11.3 Å². The van der Waals surface area contributed by atoms with Crippen LogP contribution in [0.1, 0.15) is 12.0 Å². The molecule has 0 spiro atoms. The van der Waals surface area contributed by atoms with Crippen molar-refractivity contribution in [3.05, 3.63) is 30.1 Å². The van der Waals surface area contributed by atoms with Gasteiger partial charge in [-0.1, -0.05) is 6.07 Å². The molecule has 0 radical (unpaired) electrons. The number of methoxy groups -OCH3 is 1. The number of nitrogens with zero attached hydrogens (tertiary/aromatic N) is 1. The first-order valence-corrected chi connectivity index (χ1v) is 4.73. The van der Waals surface area contributed by atoms with Gasteiger partial charge in [0.1, 0.15) is 0 Å². The molecule has 1 aromatic heterocycles. The third kappa shape index (κ3) is 1.38. The van der Waals surface area contributed by atoms with E-state index >= 15 is 0 Å². The number of carbonyl (C=O) groups is 1. The number of ether oxygens (including phenoxy) is 1. The van der Waals surface area contributed by atoms with Crippen molar-refractivity contribution in [2.75, 3.05) is 7.11 Å². The first kappa shape index (κ1) is 9.46. The molecule has 0 amide bonds. The second-order valence-electron chi connectivity index (χ2n) is 3.38. The highest BCUT2D eigenvalue weighted by atomic mass is 35.5. The van der Waals surface area contributed by atoms with Crippen LogP contribution < -0.4 is 0 Å². The van der Waals surface area contributed by atoms with Gasteiger partial charge >= 0.3 is 5.97 Å². The molecule has 3 nitrogen and oxygen atoms in total. The van der Waals surface area contributed by atoms with Crippen molar-refractivity contribution in [3.8, 4) is 0 Å². The van der Waals surface area contributed by atoms with Crippen LogP contribution in [-0.2, 0) is 14.4 Å². The van der Waals surface area contributed by atoms with Gasteiger partial charge in [0.2, 0.25) is 0 Å². The molecule has 74 valence electrons. The van der Waals surface area contributed by atoms with E-state index in [0.717, 1.165) is 5.56 Å². The molecule has 0 aliphatic heterocycles. The minimum absolute atomic E-state index is 0.224. The van der Waals surface area contributed by atoms with Gasteiger partial charge in [-0.15, -0.1) is 11.6 Å². The van der Waals surface area contributed by atoms with Crippen LogP contribution in [0.4, 0.5) is 0 Å². The van der Waals surface area contributed by atoms with E-state index in [1.54, 1.807) is 12.4 Å². The van der Waals surface area contributed by atoms with Crippen LogP contribution in [0.25, 0.3) is 0 Å².